The van der Waals surface area contributed by atoms with Crippen LogP contribution in [0.4, 0.5) is 13.2 Å². The summed E-state index contributed by atoms with van der Waals surface area (Å²) >= 11 is 0. The molecular weight excluding hydrogens is 381 g/mol. The topological polar surface area (TPSA) is 87.7 Å². The Hall–Kier alpha value is -2.62. The highest BCUT2D eigenvalue weighted by Gasteiger charge is 2.39. The van der Waals surface area contributed by atoms with Crippen LogP contribution in [0.25, 0.3) is 27.5 Å². The monoisotopic (exact) mass is 396 g/mol. The summed E-state index contributed by atoms with van der Waals surface area (Å²) in [5.41, 5.74) is 3.07. The highest BCUT2D eigenvalue weighted by Crippen LogP contribution is 2.34. The van der Waals surface area contributed by atoms with Gasteiger partial charge in [0.1, 0.15) is 11.1 Å². The second-order valence-electron chi connectivity index (χ2n) is 6.41. The van der Waals surface area contributed by atoms with Crippen molar-refractivity contribution in [3.05, 3.63) is 42.5 Å². The number of hydrogen-bond acceptors (Lipinski definition) is 5. The van der Waals surface area contributed by atoms with Gasteiger partial charge in [-0.05, 0) is 36.1 Å². The zero-order chi connectivity index (χ0) is 19.2. The summed E-state index contributed by atoms with van der Waals surface area (Å²) in [7, 11) is -4.32. The largest absolute Gasteiger partial charge is 0.402 e. The minimum Gasteiger partial charge on any atom is -0.375 e. The summed E-state index contributed by atoms with van der Waals surface area (Å²) in [4.78, 5) is 11.6. The molecule has 6 nitrogen and oxygen atoms in total. The average Bonchev–Trinajstić information content (AvgIpc) is 3.08. The van der Waals surface area contributed by atoms with E-state index in [-0.39, 0.29) is 6.42 Å². The molecule has 0 spiro atoms. The number of H-pyrrole nitrogens is 1. The van der Waals surface area contributed by atoms with E-state index in [4.69, 9.17) is 0 Å². The molecule has 2 N–H and O–H groups in total. The van der Waals surface area contributed by atoms with Gasteiger partial charge >= 0.3 is 6.18 Å². The fourth-order valence-corrected chi connectivity index (χ4v) is 4.79. The lowest BCUT2D eigenvalue weighted by atomic mass is 9.96. The zero-order valence-electron chi connectivity index (χ0n) is 13.9. The third kappa shape index (κ3) is 3.36. The summed E-state index contributed by atoms with van der Waals surface area (Å²) in [5.74, 6) is -1.82. The van der Waals surface area contributed by atoms with Gasteiger partial charge in [-0.25, -0.2) is 18.4 Å². The molecule has 10 heteroatoms. The Kier molecular flexibility index (Phi) is 4.10. The molecule has 142 valence electrons. The minimum absolute atomic E-state index is 0.0673. The highest BCUT2D eigenvalue weighted by molar-refractivity contribution is 7.92. The fraction of sp³-hybridized carbons (Fsp3) is 0.294. The molecule has 1 aliphatic rings. The molecule has 0 saturated heterocycles. The van der Waals surface area contributed by atoms with Gasteiger partial charge in [0.15, 0.2) is 15.5 Å². The standard InChI is InChI=1S/C17H15F3N4O2S/c18-17(19,20)9-27(25,26)14-2-1-10(7-23-14)11-3-5-21-13-8-24-16-12(15(11)13)4-6-22-16/h3-8,14,21,23H,1-2,9H2. The maximum atomic E-state index is 12.5. The summed E-state index contributed by atoms with van der Waals surface area (Å²) < 4.78 is 61.4. The summed E-state index contributed by atoms with van der Waals surface area (Å²) in [6, 6.07) is 3.70. The van der Waals surface area contributed by atoms with E-state index in [1.807, 2.05) is 12.1 Å². The van der Waals surface area contributed by atoms with Crippen LogP contribution in [-0.4, -0.2) is 40.7 Å². The molecule has 0 aromatic carbocycles. The van der Waals surface area contributed by atoms with Crippen molar-refractivity contribution in [2.24, 2.45) is 0 Å². The first-order chi connectivity index (χ1) is 12.7. The lowest BCUT2D eigenvalue weighted by molar-refractivity contribution is -0.106. The number of halogens is 3. The number of aromatic nitrogens is 3. The first-order valence-corrected chi connectivity index (χ1v) is 9.91. The van der Waals surface area contributed by atoms with Crippen molar-refractivity contribution in [3.8, 4) is 0 Å². The molecule has 0 radical (unpaired) electrons. The van der Waals surface area contributed by atoms with Crippen molar-refractivity contribution in [1.82, 2.24) is 20.3 Å². The number of hydrogen-bond donors (Lipinski definition) is 2. The Morgan fingerprint density at radius 2 is 2.04 bits per heavy atom. The van der Waals surface area contributed by atoms with Gasteiger partial charge in [0.05, 0.1) is 11.7 Å². The maximum absolute atomic E-state index is 12.5. The van der Waals surface area contributed by atoms with Crippen LogP contribution in [0.3, 0.4) is 0 Å². The number of nitrogens with zero attached hydrogens (tertiary/aromatic N) is 2. The predicted molar refractivity (Wildman–Crippen MR) is 95.4 cm³/mol. The lowest BCUT2D eigenvalue weighted by Gasteiger charge is -2.25. The van der Waals surface area contributed by atoms with Crippen LogP contribution in [0.1, 0.15) is 18.4 Å². The number of rotatable bonds is 3. The minimum atomic E-state index is -4.75. The number of pyridine rings is 2. The van der Waals surface area contributed by atoms with E-state index in [0.717, 1.165) is 27.4 Å². The van der Waals surface area contributed by atoms with Crippen molar-refractivity contribution < 1.29 is 21.6 Å². The first kappa shape index (κ1) is 17.8. The molecule has 1 unspecified atom stereocenters. The van der Waals surface area contributed by atoms with Crippen molar-refractivity contribution in [1.29, 1.82) is 0 Å². The van der Waals surface area contributed by atoms with E-state index in [0.29, 0.717) is 12.1 Å². The van der Waals surface area contributed by atoms with Crippen molar-refractivity contribution in [2.75, 3.05) is 5.75 Å². The Labute approximate surface area is 152 Å². The summed E-state index contributed by atoms with van der Waals surface area (Å²) in [6.45, 7) is 0. The number of allylic oxidation sites excluding steroid dienone is 1. The lowest BCUT2D eigenvalue weighted by Crippen LogP contribution is -2.40. The Bertz CT molecular complexity index is 1150. The first-order valence-electron chi connectivity index (χ1n) is 8.19. The van der Waals surface area contributed by atoms with Gasteiger partial charge < -0.3 is 10.3 Å². The van der Waals surface area contributed by atoms with E-state index in [1.54, 1.807) is 18.6 Å². The molecule has 0 fully saturated rings. The van der Waals surface area contributed by atoms with Gasteiger partial charge in [-0.1, -0.05) is 0 Å². The van der Waals surface area contributed by atoms with Crippen LogP contribution in [0.5, 0.6) is 0 Å². The van der Waals surface area contributed by atoms with E-state index < -0.39 is 27.1 Å². The third-order valence-corrected chi connectivity index (χ3v) is 6.52. The van der Waals surface area contributed by atoms with E-state index in [2.05, 4.69) is 20.3 Å². The summed E-state index contributed by atoms with van der Waals surface area (Å²) in [6.07, 6.45) is 2.22. The van der Waals surface area contributed by atoms with Crippen LogP contribution < -0.4 is 5.32 Å². The fourth-order valence-electron chi connectivity index (χ4n) is 3.39. The van der Waals surface area contributed by atoms with Crippen LogP contribution in [0, 0.1) is 0 Å². The van der Waals surface area contributed by atoms with Gasteiger partial charge in [-0.15, -0.1) is 0 Å². The highest BCUT2D eigenvalue weighted by atomic mass is 32.2. The van der Waals surface area contributed by atoms with Gasteiger partial charge in [0, 0.05) is 29.4 Å². The quantitative estimate of drug-likeness (QED) is 0.710. The Morgan fingerprint density at radius 3 is 2.74 bits per heavy atom. The molecular formula is C17H15F3N4O2S. The van der Waals surface area contributed by atoms with Crippen LogP contribution >= 0.6 is 0 Å². The molecule has 0 amide bonds. The number of sulfone groups is 1. The average molecular weight is 396 g/mol. The molecule has 4 heterocycles. The molecule has 1 atom stereocenters. The molecule has 3 aromatic heterocycles. The molecule has 27 heavy (non-hydrogen) atoms. The molecule has 0 bridgehead atoms. The van der Waals surface area contributed by atoms with Crippen LogP contribution in [-0.2, 0) is 9.84 Å². The van der Waals surface area contributed by atoms with Crippen molar-refractivity contribution in [3.63, 3.8) is 0 Å². The van der Waals surface area contributed by atoms with Gasteiger partial charge in [0.25, 0.3) is 0 Å². The second-order valence-corrected chi connectivity index (χ2v) is 8.59. The van der Waals surface area contributed by atoms with Crippen molar-refractivity contribution >= 4 is 37.3 Å². The van der Waals surface area contributed by atoms with Crippen LogP contribution in [0.15, 0.2) is 36.9 Å². The van der Waals surface area contributed by atoms with Gasteiger partial charge in [-0.2, -0.15) is 13.2 Å². The molecule has 4 rings (SSSR count). The Morgan fingerprint density at radius 1 is 1.22 bits per heavy atom. The maximum Gasteiger partial charge on any atom is 0.402 e. The predicted octanol–water partition coefficient (Wildman–Crippen LogP) is 3.14. The SMILES string of the molecule is O=S(=O)(CC(F)(F)F)C1CCC(c2cc[nH]c3cnc4nccc4c23)=CN1. The normalized spacial score (nSPS) is 18.5. The Balaban J connectivity index is 1.70. The zero-order valence-corrected chi connectivity index (χ0v) is 14.7. The third-order valence-electron chi connectivity index (χ3n) is 4.56. The van der Waals surface area contributed by atoms with Gasteiger partial charge in [0.2, 0.25) is 0 Å². The number of nitrogens with one attached hydrogen (secondary N) is 2. The van der Waals surface area contributed by atoms with Crippen LogP contribution in [0.2, 0.25) is 0 Å². The summed E-state index contributed by atoms with van der Waals surface area (Å²) in [5, 5.41) is 3.15. The number of aromatic amines is 1. The second kappa shape index (κ2) is 6.22. The van der Waals surface area contributed by atoms with Crippen molar-refractivity contribution in [2.45, 2.75) is 24.4 Å². The molecule has 0 aliphatic carbocycles. The molecule has 1 aliphatic heterocycles. The van der Waals surface area contributed by atoms with E-state index in [1.165, 1.54) is 6.20 Å². The van der Waals surface area contributed by atoms with Gasteiger partial charge in [-0.3, -0.25) is 0 Å². The molecule has 3 aromatic rings. The molecule has 0 saturated carbocycles. The van der Waals surface area contributed by atoms with E-state index in [9.17, 15) is 21.6 Å². The number of alkyl halides is 3. The van der Waals surface area contributed by atoms with E-state index >= 15 is 0 Å². The smallest absolute Gasteiger partial charge is 0.375 e. The number of fused-ring (bicyclic) bond motifs is 3.